The molecule has 0 bridgehead atoms. The first-order valence-corrected chi connectivity index (χ1v) is 23.9. The monoisotopic (exact) mass is 831 g/mol. The molecule has 0 saturated carbocycles. The first-order valence-electron chi connectivity index (χ1n) is 23.9. The summed E-state index contributed by atoms with van der Waals surface area (Å²) in [4.78, 5) is 37.8. The molecule has 0 aliphatic heterocycles. The molecule has 0 spiro atoms. The largest absolute Gasteiger partial charge is 0.462 e. The van der Waals surface area contributed by atoms with Crippen LogP contribution in [0.15, 0.2) is 109 Å². The Bertz CT molecular complexity index is 1280. The van der Waals surface area contributed by atoms with Crippen LogP contribution in [0.4, 0.5) is 0 Å². The van der Waals surface area contributed by atoms with Gasteiger partial charge in [-0.3, -0.25) is 14.4 Å². The molecule has 0 rings (SSSR count). The van der Waals surface area contributed by atoms with Crippen molar-refractivity contribution in [1.29, 1.82) is 0 Å². The van der Waals surface area contributed by atoms with Crippen molar-refractivity contribution in [2.75, 3.05) is 13.2 Å². The Balaban J connectivity index is 4.58. The molecule has 6 heteroatoms. The molecule has 0 aromatic carbocycles. The number of hydrogen-bond donors (Lipinski definition) is 0. The van der Waals surface area contributed by atoms with Gasteiger partial charge in [-0.25, -0.2) is 0 Å². The maximum atomic E-state index is 12.7. The van der Waals surface area contributed by atoms with Gasteiger partial charge in [0, 0.05) is 19.3 Å². The van der Waals surface area contributed by atoms with Gasteiger partial charge >= 0.3 is 17.9 Å². The van der Waals surface area contributed by atoms with Gasteiger partial charge in [0.2, 0.25) is 0 Å². The quantitative estimate of drug-likeness (QED) is 0.0264. The zero-order valence-corrected chi connectivity index (χ0v) is 38.4. The zero-order valence-electron chi connectivity index (χ0n) is 38.4. The van der Waals surface area contributed by atoms with Crippen molar-refractivity contribution in [1.82, 2.24) is 0 Å². The second-order valence-electron chi connectivity index (χ2n) is 15.3. The summed E-state index contributed by atoms with van der Waals surface area (Å²) in [5, 5.41) is 0. The number of esters is 3. The molecule has 0 aliphatic rings. The molecule has 0 radical (unpaired) electrons. The number of carbonyl (C=O) groups is 3. The van der Waals surface area contributed by atoms with Crippen LogP contribution in [-0.2, 0) is 28.6 Å². The third-order valence-electron chi connectivity index (χ3n) is 9.54. The van der Waals surface area contributed by atoms with Crippen LogP contribution in [0.2, 0.25) is 0 Å². The standard InChI is InChI=1S/C54H86O6/c1-4-7-10-13-16-19-22-25-26-27-28-30-32-35-38-41-44-47-53(56)59-50-51(49-58-52(55)46-43-40-37-34-31-24-21-18-15-12-9-6-3)60-54(57)48-45-42-39-36-33-29-23-20-17-14-11-8-5-2/h7-8,10-11,16-17,19-20,25-26,28-30,33,35,38-39,42,51H,4-6,9,12-15,18,21-24,27,31-32,34,36-37,40-41,43-50H2,1-3H3/b10-7-,11-8-,19-16-,20-17-,26-25-,30-28-,33-29-,38-35-,42-39-. The number of carbonyl (C=O) groups excluding carboxylic acids is 3. The molecule has 0 amide bonds. The van der Waals surface area contributed by atoms with Crippen molar-refractivity contribution < 1.29 is 28.6 Å². The summed E-state index contributed by atoms with van der Waals surface area (Å²) in [5.41, 5.74) is 0. The van der Waals surface area contributed by atoms with E-state index in [9.17, 15) is 14.4 Å². The SMILES string of the molecule is CC/C=C\C/C=C\C/C=C\C/C=C\C/C=C\CCCC(=O)OCC(COC(=O)CCCCCCCCCCCCCC)OC(=O)CC/C=C\C/C=C\C/C=C\C/C=C\CC. The number of hydrogen-bond acceptors (Lipinski definition) is 6. The normalized spacial score (nSPS) is 13.1. The van der Waals surface area contributed by atoms with E-state index in [-0.39, 0.29) is 38.0 Å². The van der Waals surface area contributed by atoms with E-state index in [2.05, 4.69) is 118 Å². The summed E-state index contributed by atoms with van der Waals surface area (Å²) >= 11 is 0. The van der Waals surface area contributed by atoms with Gasteiger partial charge in [-0.1, -0.05) is 201 Å². The van der Waals surface area contributed by atoms with E-state index in [1.54, 1.807) is 0 Å². The maximum absolute atomic E-state index is 12.7. The van der Waals surface area contributed by atoms with Crippen LogP contribution in [0, 0.1) is 0 Å². The molecule has 6 nitrogen and oxygen atoms in total. The topological polar surface area (TPSA) is 78.9 Å². The number of rotatable bonds is 41. The molecule has 0 aliphatic carbocycles. The third-order valence-corrected chi connectivity index (χ3v) is 9.54. The van der Waals surface area contributed by atoms with Crippen molar-refractivity contribution >= 4 is 17.9 Å². The fraction of sp³-hybridized carbons (Fsp3) is 0.611. The summed E-state index contributed by atoms with van der Waals surface area (Å²) in [6.07, 6.45) is 63.8. The minimum absolute atomic E-state index is 0.125. The number of unbranched alkanes of at least 4 members (excludes halogenated alkanes) is 12. The van der Waals surface area contributed by atoms with Crippen molar-refractivity contribution in [3.8, 4) is 0 Å². The molecule has 0 fully saturated rings. The Morgan fingerprint density at radius 2 is 0.683 bits per heavy atom. The van der Waals surface area contributed by atoms with Crippen LogP contribution in [-0.4, -0.2) is 37.2 Å². The molecule has 0 aromatic heterocycles. The summed E-state index contributed by atoms with van der Waals surface area (Å²) in [6, 6.07) is 0. The van der Waals surface area contributed by atoms with Gasteiger partial charge in [0.25, 0.3) is 0 Å². The van der Waals surface area contributed by atoms with E-state index in [4.69, 9.17) is 14.2 Å². The lowest BCUT2D eigenvalue weighted by molar-refractivity contribution is -0.166. The fourth-order valence-corrected chi connectivity index (χ4v) is 6.02. The van der Waals surface area contributed by atoms with Gasteiger partial charge in [-0.2, -0.15) is 0 Å². The van der Waals surface area contributed by atoms with Gasteiger partial charge in [-0.15, -0.1) is 0 Å². The summed E-state index contributed by atoms with van der Waals surface area (Å²) in [6.45, 7) is 6.27. The lowest BCUT2D eigenvalue weighted by Gasteiger charge is -2.18. The van der Waals surface area contributed by atoms with E-state index >= 15 is 0 Å². The molecule has 0 saturated heterocycles. The van der Waals surface area contributed by atoms with E-state index in [1.165, 1.54) is 57.8 Å². The highest BCUT2D eigenvalue weighted by Gasteiger charge is 2.19. The highest BCUT2D eigenvalue weighted by atomic mass is 16.6. The molecule has 0 heterocycles. The second kappa shape index (κ2) is 47.7. The first kappa shape index (κ1) is 56.1. The van der Waals surface area contributed by atoms with Crippen molar-refractivity contribution in [2.45, 2.75) is 200 Å². The first-order chi connectivity index (χ1) is 29.5. The van der Waals surface area contributed by atoms with E-state index < -0.39 is 12.1 Å². The van der Waals surface area contributed by atoms with E-state index in [0.717, 1.165) is 83.5 Å². The molecular weight excluding hydrogens is 745 g/mol. The van der Waals surface area contributed by atoms with Crippen LogP contribution in [0.5, 0.6) is 0 Å². The molecule has 0 aromatic rings. The second-order valence-corrected chi connectivity index (χ2v) is 15.3. The Hall–Kier alpha value is -3.93. The molecule has 1 unspecified atom stereocenters. The summed E-state index contributed by atoms with van der Waals surface area (Å²) < 4.78 is 16.6. The van der Waals surface area contributed by atoms with Gasteiger partial charge < -0.3 is 14.2 Å². The highest BCUT2D eigenvalue weighted by molar-refractivity contribution is 5.71. The van der Waals surface area contributed by atoms with E-state index in [1.807, 2.05) is 12.2 Å². The molecule has 1 atom stereocenters. The molecule has 60 heavy (non-hydrogen) atoms. The van der Waals surface area contributed by atoms with Crippen LogP contribution in [0.1, 0.15) is 194 Å². The summed E-state index contributed by atoms with van der Waals surface area (Å²) in [5.74, 6) is -1.08. The van der Waals surface area contributed by atoms with Crippen LogP contribution < -0.4 is 0 Å². The minimum atomic E-state index is -0.837. The zero-order chi connectivity index (χ0) is 43.7. The third kappa shape index (κ3) is 45.2. The van der Waals surface area contributed by atoms with Gasteiger partial charge in [-0.05, 0) is 83.5 Å². The Kier molecular flexibility index (Phi) is 44.6. The number of allylic oxidation sites excluding steroid dienone is 18. The summed E-state index contributed by atoms with van der Waals surface area (Å²) in [7, 11) is 0. The molecule has 0 N–H and O–H groups in total. The van der Waals surface area contributed by atoms with Crippen LogP contribution >= 0.6 is 0 Å². The smallest absolute Gasteiger partial charge is 0.306 e. The lowest BCUT2D eigenvalue weighted by atomic mass is 10.0. The predicted molar refractivity (Wildman–Crippen MR) is 256 cm³/mol. The average Bonchev–Trinajstić information content (AvgIpc) is 3.24. The lowest BCUT2D eigenvalue weighted by Crippen LogP contribution is -2.30. The van der Waals surface area contributed by atoms with Gasteiger partial charge in [0.1, 0.15) is 13.2 Å². The Morgan fingerprint density at radius 3 is 1.08 bits per heavy atom. The number of ether oxygens (including phenoxy) is 3. The average molecular weight is 831 g/mol. The van der Waals surface area contributed by atoms with Crippen molar-refractivity contribution in [2.24, 2.45) is 0 Å². The van der Waals surface area contributed by atoms with Gasteiger partial charge in [0.05, 0.1) is 0 Å². The van der Waals surface area contributed by atoms with E-state index in [0.29, 0.717) is 19.3 Å². The molecule has 338 valence electrons. The highest BCUT2D eigenvalue weighted by Crippen LogP contribution is 2.13. The predicted octanol–water partition coefficient (Wildman–Crippen LogP) is 15.6. The Morgan fingerprint density at radius 1 is 0.350 bits per heavy atom. The maximum Gasteiger partial charge on any atom is 0.306 e. The van der Waals surface area contributed by atoms with Crippen molar-refractivity contribution in [3.63, 3.8) is 0 Å². The Labute approximate surface area is 368 Å². The van der Waals surface area contributed by atoms with Crippen LogP contribution in [0.3, 0.4) is 0 Å². The fourth-order valence-electron chi connectivity index (χ4n) is 6.02. The van der Waals surface area contributed by atoms with Gasteiger partial charge in [0.15, 0.2) is 6.10 Å². The van der Waals surface area contributed by atoms with Crippen LogP contribution in [0.25, 0.3) is 0 Å². The minimum Gasteiger partial charge on any atom is -0.462 e. The van der Waals surface area contributed by atoms with Crippen molar-refractivity contribution in [3.05, 3.63) is 109 Å². The molecular formula is C54H86O6.